The summed E-state index contributed by atoms with van der Waals surface area (Å²) in [6.45, 7) is 3.75. The lowest BCUT2D eigenvalue weighted by atomic mass is 10.2. The van der Waals surface area contributed by atoms with E-state index in [1.54, 1.807) is 13.0 Å². The number of carbonyl (C=O) groups is 2. The summed E-state index contributed by atoms with van der Waals surface area (Å²) in [7, 11) is -3.35. The molecule has 2 rings (SSSR count). The number of benzene rings is 2. The molecule has 0 heterocycles. The van der Waals surface area contributed by atoms with Crippen molar-refractivity contribution in [3.63, 3.8) is 0 Å². The minimum absolute atomic E-state index is 0.0872. The fourth-order valence-electron chi connectivity index (χ4n) is 2.22. The summed E-state index contributed by atoms with van der Waals surface area (Å²) >= 11 is 1.18. The van der Waals surface area contributed by atoms with Crippen LogP contribution in [0.3, 0.4) is 0 Å². The van der Waals surface area contributed by atoms with Crippen molar-refractivity contribution >= 4 is 44.8 Å². The van der Waals surface area contributed by atoms with Gasteiger partial charge in [0.2, 0.25) is 11.8 Å². The lowest BCUT2D eigenvalue weighted by Crippen LogP contribution is -2.19. The van der Waals surface area contributed by atoms with Crippen molar-refractivity contribution in [2.45, 2.75) is 18.7 Å². The van der Waals surface area contributed by atoms with Crippen LogP contribution in [0.5, 0.6) is 0 Å². The fraction of sp³-hybridized carbons (Fsp3) is 0.263. The highest BCUT2D eigenvalue weighted by atomic mass is 32.2. The maximum atomic E-state index is 12.1. The van der Waals surface area contributed by atoms with E-state index in [0.717, 1.165) is 17.4 Å². The first-order chi connectivity index (χ1) is 12.6. The van der Waals surface area contributed by atoms with Crippen LogP contribution in [0.4, 0.5) is 11.4 Å². The lowest BCUT2D eigenvalue weighted by Gasteiger charge is -2.10. The van der Waals surface area contributed by atoms with E-state index in [4.69, 9.17) is 0 Å². The first-order valence-electron chi connectivity index (χ1n) is 8.20. The van der Waals surface area contributed by atoms with Gasteiger partial charge < -0.3 is 10.6 Å². The van der Waals surface area contributed by atoms with Gasteiger partial charge in [0.25, 0.3) is 0 Å². The van der Waals surface area contributed by atoms with Crippen molar-refractivity contribution in [1.82, 2.24) is 0 Å². The number of rotatable bonds is 7. The van der Waals surface area contributed by atoms with E-state index in [2.05, 4.69) is 10.6 Å². The first kappa shape index (κ1) is 21.0. The molecule has 2 N–H and O–H groups in total. The molecule has 0 fully saturated rings. The molecule has 2 amide bonds. The number of nitrogens with one attached hydrogen (secondary N) is 2. The summed E-state index contributed by atoms with van der Waals surface area (Å²) < 4.78 is 23.3. The third-order valence-electron chi connectivity index (χ3n) is 3.71. The minimum atomic E-state index is -3.35. The molecule has 2 aromatic carbocycles. The number of anilines is 2. The molecule has 2 aromatic rings. The third-order valence-corrected chi connectivity index (χ3v) is 5.76. The average molecular weight is 407 g/mol. The Bertz CT molecular complexity index is 939. The second-order valence-corrected chi connectivity index (χ2v) is 9.21. The van der Waals surface area contributed by atoms with E-state index in [9.17, 15) is 18.0 Å². The highest BCUT2D eigenvalue weighted by Crippen LogP contribution is 2.20. The number of sulfone groups is 1. The van der Waals surface area contributed by atoms with Crippen LogP contribution >= 0.6 is 11.8 Å². The molecule has 0 aliphatic rings. The fourth-order valence-corrected chi connectivity index (χ4v) is 3.49. The molecule has 144 valence electrons. The highest BCUT2D eigenvalue weighted by Gasteiger charge is 2.12. The molecular formula is C19H22N2O4S2. The Hall–Kier alpha value is -2.32. The molecule has 0 aromatic heterocycles. The molecule has 0 saturated heterocycles. The van der Waals surface area contributed by atoms with Gasteiger partial charge in [-0.1, -0.05) is 23.8 Å². The van der Waals surface area contributed by atoms with Gasteiger partial charge in [-0.2, -0.15) is 0 Å². The van der Waals surface area contributed by atoms with Gasteiger partial charge in [0.15, 0.2) is 9.84 Å². The van der Waals surface area contributed by atoms with Crippen LogP contribution in [0.25, 0.3) is 0 Å². The number of hydrogen-bond acceptors (Lipinski definition) is 5. The molecule has 27 heavy (non-hydrogen) atoms. The molecule has 0 unspecified atom stereocenters. The standard InChI is InChI=1S/C19H22N2O4S2/c1-13-4-7-15(8-5-13)20-18(22)11-26-12-19(23)21-17-10-16(27(3,24)25)9-6-14(17)2/h4-10H,11-12H2,1-3H3,(H,20,22)(H,21,23). The second-order valence-electron chi connectivity index (χ2n) is 6.20. The van der Waals surface area contributed by atoms with Gasteiger partial charge in [-0.15, -0.1) is 11.8 Å². The highest BCUT2D eigenvalue weighted by molar-refractivity contribution is 8.00. The SMILES string of the molecule is Cc1ccc(NC(=O)CSCC(=O)Nc2cc(S(C)(=O)=O)ccc2C)cc1. The maximum absolute atomic E-state index is 12.1. The van der Waals surface area contributed by atoms with Gasteiger partial charge >= 0.3 is 0 Å². The van der Waals surface area contributed by atoms with E-state index >= 15 is 0 Å². The average Bonchev–Trinajstić information content (AvgIpc) is 2.58. The Balaban J connectivity index is 1.84. The molecular weight excluding hydrogens is 384 g/mol. The van der Waals surface area contributed by atoms with Gasteiger partial charge in [-0.3, -0.25) is 9.59 Å². The monoisotopic (exact) mass is 406 g/mol. The number of hydrogen-bond donors (Lipinski definition) is 2. The predicted molar refractivity (Wildman–Crippen MR) is 110 cm³/mol. The summed E-state index contributed by atoms with van der Waals surface area (Å²) in [6, 6.07) is 12.0. The van der Waals surface area contributed by atoms with Gasteiger partial charge in [0.1, 0.15) is 0 Å². The van der Waals surface area contributed by atoms with Crippen molar-refractivity contribution < 1.29 is 18.0 Å². The Morgan fingerprint density at radius 1 is 0.926 bits per heavy atom. The first-order valence-corrected chi connectivity index (χ1v) is 11.2. The number of aryl methyl sites for hydroxylation is 2. The summed E-state index contributed by atoms with van der Waals surface area (Å²) in [5.74, 6) is -0.253. The Labute approximate surface area is 163 Å². The van der Waals surface area contributed by atoms with Crippen LogP contribution in [0.2, 0.25) is 0 Å². The molecule has 0 radical (unpaired) electrons. The normalized spacial score (nSPS) is 11.1. The lowest BCUT2D eigenvalue weighted by molar-refractivity contribution is -0.114. The van der Waals surface area contributed by atoms with Crippen LogP contribution in [0.1, 0.15) is 11.1 Å². The van der Waals surface area contributed by atoms with Crippen LogP contribution in [0.15, 0.2) is 47.4 Å². The van der Waals surface area contributed by atoms with Crippen molar-refractivity contribution in [3.05, 3.63) is 53.6 Å². The van der Waals surface area contributed by atoms with Gasteiger partial charge in [-0.25, -0.2) is 8.42 Å². The maximum Gasteiger partial charge on any atom is 0.234 e. The van der Waals surface area contributed by atoms with Gasteiger partial charge in [0, 0.05) is 17.6 Å². The Kier molecular flexibility index (Phi) is 7.04. The zero-order valence-corrected chi connectivity index (χ0v) is 17.0. The molecule has 0 spiro atoms. The van der Waals surface area contributed by atoms with Gasteiger partial charge in [-0.05, 0) is 43.7 Å². The summed E-state index contributed by atoms with van der Waals surface area (Å²) in [4.78, 5) is 24.2. The summed E-state index contributed by atoms with van der Waals surface area (Å²) in [5, 5.41) is 5.46. The number of thioether (sulfide) groups is 1. The smallest absolute Gasteiger partial charge is 0.234 e. The summed E-state index contributed by atoms with van der Waals surface area (Å²) in [5.41, 5.74) is 3.03. The molecule has 8 heteroatoms. The van der Waals surface area contributed by atoms with E-state index in [1.165, 1.54) is 23.9 Å². The largest absolute Gasteiger partial charge is 0.325 e. The van der Waals surface area contributed by atoms with Crippen molar-refractivity contribution in [3.8, 4) is 0 Å². The third kappa shape index (κ3) is 6.73. The second kappa shape index (κ2) is 9.05. The van der Waals surface area contributed by atoms with Crippen LogP contribution < -0.4 is 10.6 Å². The molecule has 0 bridgehead atoms. The molecule has 0 atom stereocenters. The molecule has 0 saturated carbocycles. The zero-order valence-electron chi connectivity index (χ0n) is 15.4. The van der Waals surface area contributed by atoms with E-state index in [1.807, 2.05) is 31.2 Å². The van der Waals surface area contributed by atoms with Crippen LogP contribution in [-0.2, 0) is 19.4 Å². The van der Waals surface area contributed by atoms with E-state index in [0.29, 0.717) is 11.4 Å². The molecule has 0 aliphatic heterocycles. The van der Waals surface area contributed by atoms with Crippen LogP contribution in [0, 0.1) is 13.8 Å². The number of carbonyl (C=O) groups excluding carboxylic acids is 2. The Morgan fingerprint density at radius 2 is 1.52 bits per heavy atom. The van der Waals surface area contributed by atoms with Crippen LogP contribution in [-0.4, -0.2) is 38.0 Å². The Morgan fingerprint density at radius 3 is 2.11 bits per heavy atom. The van der Waals surface area contributed by atoms with Crippen molar-refractivity contribution in [2.24, 2.45) is 0 Å². The van der Waals surface area contributed by atoms with Crippen molar-refractivity contribution in [2.75, 3.05) is 28.4 Å². The van der Waals surface area contributed by atoms with Crippen molar-refractivity contribution in [1.29, 1.82) is 0 Å². The quantitative estimate of drug-likeness (QED) is 0.737. The van der Waals surface area contributed by atoms with Gasteiger partial charge in [0.05, 0.1) is 16.4 Å². The number of amides is 2. The topological polar surface area (TPSA) is 92.3 Å². The van der Waals surface area contributed by atoms with E-state index < -0.39 is 9.84 Å². The predicted octanol–water partition coefficient (Wildman–Crippen LogP) is 3.02. The molecule has 6 nitrogen and oxygen atoms in total. The van der Waals surface area contributed by atoms with E-state index in [-0.39, 0.29) is 28.2 Å². The zero-order chi connectivity index (χ0) is 20.0. The molecule has 0 aliphatic carbocycles. The minimum Gasteiger partial charge on any atom is -0.325 e. The summed E-state index contributed by atoms with van der Waals surface area (Å²) in [6.07, 6.45) is 1.12.